The molecule has 22 heavy (non-hydrogen) atoms. The van der Waals surface area contributed by atoms with E-state index in [2.05, 4.69) is 4.74 Å². The number of hydrogen-bond acceptors (Lipinski definition) is 3. The van der Waals surface area contributed by atoms with Gasteiger partial charge in [0.05, 0.1) is 0 Å². The lowest BCUT2D eigenvalue weighted by Gasteiger charge is -2.29. The molecule has 0 spiro atoms. The van der Waals surface area contributed by atoms with Crippen molar-refractivity contribution in [3.8, 4) is 0 Å². The number of amides is 2. The van der Waals surface area contributed by atoms with Crippen molar-refractivity contribution in [3.05, 3.63) is 0 Å². The number of likely N-dealkylation sites (tertiary alicyclic amines) is 2. The fourth-order valence-corrected chi connectivity index (χ4v) is 2.97. The van der Waals surface area contributed by atoms with Gasteiger partial charge in [-0.3, -0.25) is 9.69 Å². The van der Waals surface area contributed by atoms with Crippen molar-refractivity contribution in [2.24, 2.45) is 0 Å². The van der Waals surface area contributed by atoms with Gasteiger partial charge in [-0.2, -0.15) is 13.2 Å². The van der Waals surface area contributed by atoms with Gasteiger partial charge in [0.1, 0.15) is 6.04 Å². The first-order valence-electron chi connectivity index (χ1n) is 7.67. The van der Waals surface area contributed by atoms with E-state index in [1.165, 1.54) is 0 Å². The van der Waals surface area contributed by atoms with Crippen LogP contribution in [-0.2, 0) is 9.53 Å². The summed E-state index contributed by atoms with van der Waals surface area (Å²) in [5, 5.41) is 0. The summed E-state index contributed by atoms with van der Waals surface area (Å²) in [6, 6.07) is -0.682. The lowest BCUT2D eigenvalue weighted by molar-refractivity contribution is -0.163. The third-order valence-electron chi connectivity index (χ3n) is 4.05. The zero-order valence-electron chi connectivity index (χ0n) is 12.4. The molecular formula is C14H21F3N2O3. The van der Waals surface area contributed by atoms with Gasteiger partial charge in [-0.15, -0.1) is 0 Å². The molecule has 2 aliphatic heterocycles. The second-order valence-electron chi connectivity index (χ2n) is 5.76. The predicted molar refractivity (Wildman–Crippen MR) is 72.2 cm³/mol. The highest BCUT2D eigenvalue weighted by Gasteiger charge is 2.39. The number of carbonyl (C=O) groups excluding carboxylic acids is 2. The first-order valence-corrected chi connectivity index (χ1v) is 7.67. The quantitative estimate of drug-likeness (QED) is 0.785. The minimum atomic E-state index is -4.56. The molecule has 0 radical (unpaired) electrons. The monoisotopic (exact) mass is 322 g/mol. The molecular weight excluding hydrogens is 301 g/mol. The molecule has 8 heteroatoms. The molecule has 2 saturated heterocycles. The minimum Gasteiger partial charge on any atom is -0.440 e. The number of carbonyl (C=O) groups is 2. The Labute approximate surface area is 127 Å². The Morgan fingerprint density at radius 2 is 1.64 bits per heavy atom. The van der Waals surface area contributed by atoms with E-state index in [4.69, 9.17) is 0 Å². The van der Waals surface area contributed by atoms with Crippen molar-refractivity contribution in [2.75, 3.05) is 26.2 Å². The van der Waals surface area contributed by atoms with Crippen molar-refractivity contribution in [3.63, 3.8) is 0 Å². The van der Waals surface area contributed by atoms with Gasteiger partial charge >= 0.3 is 12.3 Å². The van der Waals surface area contributed by atoms with Crippen LogP contribution in [0.25, 0.3) is 0 Å². The number of rotatable bonds is 2. The fourth-order valence-electron chi connectivity index (χ4n) is 2.97. The normalized spacial score (nSPS) is 23.3. The Morgan fingerprint density at radius 1 is 1.00 bits per heavy atom. The van der Waals surface area contributed by atoms with Gasteiger partial charge in [0, 0.05) is 19.6 Å². The van der Waals surface area contributed by atoms with Crippen LogP contribution in [0.1, 0.15) is 38.5 Å². The van der Waals surface area contributed by atoms with Crippen molar-refractivity contribution in [1.82, 2.24) is 9.80 Å². The van der Waals surface area contributed by atoms with Gasteiger partial charge in [-0.05, 0) is 25.7 Å². The first kappa shape index (κ1) is 16.9. The highest BCUT2D eigenvalue weighted by atomic mass is 19.4. The summed E-state index contributed by atoms with van der Waals surface area (Å²) < 4.78 is 40.6. The lowest BCUT2D eigenvalue weighted by atomic mass is 10.2. The van der Waals surface area contributed by atoms with E-state index >= 15 is 0 Å². The van der Waals surface area contributed by atoms with Crippen LogP contribution in [0.5, 0.6) is 0 Å². The van der Waals surface area contributed by atoms with Crippen LogP contribution in [-0.4, -0.2) is 60.3 Å². The Kier molecular flexibility index (Phi) is 5.52. The van der Waals surface area contributed by atoms with Crippen LogP contribution in [0.3, 0.4) is 0 Å². The standard InChI is InChI=1S/C14H21F3N2O3/c15-14(16,17)10-22-13(21)19-9-5-6-11(19)12(20)18-7-3-1-2-4-8-18/h11H,1-10H2/t11-/m1/s1. The highest BCUT2D eigenvalue weighted by Crippen LogP contribution is 2.23. The molecule has 0 aromatic heterocycles. The maximum absolute atomic E-state index is 12.5. The van der Waals surface area contributed by atoms with Crippen molar-refractivity contribution in [1.29, 1.82) is 0 Å². The smallest absolute Gasteiger partial charge is 0.422 e. The molecule has 126 valence electrons. The van der Waals surface area contributed by atoms with Crippen LogP contribution in [0.4, 0.5) is 18.0 Å². The molecule has 5 nitrogen and oxygen atoms in total. The molecule has 0 aromatic rings. The highest BCUT2D eigenvalue weighted by molar-refractivity contribution is 5.86. The third kappa shape index (κ3) is 4.51. The molecule has 0 bridgehead atoms. The van der Waals surface area contributed by atoms with E-state index in [1.54, 1.807) is 4.90 Å². The number of ether oxygens (including phenoxy) is 1. The molecule has 2 aliphatic rings. The van der Waals surface area contributed by atoms with Crippen LogP contribution in [0.2, 0.25) is 0 Å². The molecule has 2 amide bonds. The summed E-state index contributed by atoms with van der Waals surface area (Å²) in [6.45, 7) is -0.0462. The van der Waals surface area contributed by atoms with Crippen molar-refractivity contribution < 1.29 is 27.5 Å². The van der Waals surface area contributed by atoms with E-state index in [9.17, 15) is 22.8 Å². The number of halogens is 3. The largest absolute Gasteiger partial charge is 0.440 e. The molecule has 2 rings (SSSR count). The average molecular weight is 322 g/mol. The molecule has 0 aromatic carbocycles. The predicted octanol–water partition coefficient (Wildman–Crippen LogP) is 2.55. The van der Waals surface area contributed by atoms with E-state index in [0.717, 1.165) is 30.6 Å². The molecule has 2 heterocycles. The number of hydrogen-bond donors (Lipinski definition) is 0. The Hall–Kier alpha value is -1.47. The van der Waals surface area contributed by atoms with Gasteiger partial charge in [0.2, 0.25) is 5.91 Å². The molecule has 0 N–H and O–H groups in total. The molecule has 2 fully saturated rings. The SMILES string of the molecule is O=C([C@H]1CCCN1C(=O)OCC(F)(F)F)N1CCCCCC1. The van der Waals surface area contributed by atoms with Gasteiger partial charge in [0.25, 0.3) is 0 Å². The van der Waals surface area contributed by atoms with Gasteiger partial charge in [-0.25, -0.2) is 4.79 Å². The van der Waals surface area contributed by atoms with Gasteiger partial charge in [-0.1, -0.05) is 12.8 Å². The topological polar surface area (TPSA) is 49.9 Å². The average Bonchev–Trinajstić information content (AvgIpc) is 2.78. The number of alkyl halides is 3. The number of nitrogens with zero attached hydrogens (tertiary/aromatic N) is 2. The van der Waals surface area contributed by atoms with Crippen LogP contribution < -0.4 is 0 Å². The van der Waals surface area contributed by atoms with E-state index in [1.807, 2.05) is 0 Å². The first-order chi connectivity index (χ1) is 10.4. The second kappa shape index (κ2) is 7.19. The van der Waals surface area contributed by atoms with Crippen LogP contribution in [0.15, 0.2) is 0 Å². The summed E-state index contributed by atoms with van der Waals surface area (Å²) in [5.74, 6) is -0.164. The Balaban J connectivity index is 1.94. The molecule has 0 unspecified atom stereocenters. The maximum Gasteiger partial charge on any atom is 0.422 e. The summed E-state index contributed by atoms with van der Waals surface area (Å²) in [6.07, 6.45) is -0.518. The van der Waals surface area contributed by atoms with Crippen molar-refractivity contribution in [2.45, 2.75) is 50.7 Å². The molecule has 0 saturated carbocycles. The van der Waals surface area contributed by atoms with E-state index < -0.39 is 24.9 Å². The lowest BCUT2D eigenvalue weighted by Crippen LogP contribution is -2.48. The van der Waals surface area contributed by atoms with E-state index in [-0.39, 0.29) is 12.5 Å². The fraction of sp³-hybridized carbons (Fsp3) is 0.857. The summed E-state index contributed by atoms with van der Waals surface area (Å²) in [5.41, 5.74) is 0. The summed E-state index contributed by atoms with van der Waals surface area (Å²) in [7, 11) is 0. The van der Waals surface area contributed by atoms with E-state index in [0.29, 0.717) is 25.9 Å². The van der Waals surface area contributed by atoms with Gasteiger partial charge < -0.3 is 9.64 Å². The molecule has 0 aliphatic carbocycles. The second-order valence-corrected chi connectivity index (χ2v) is 5.76. The maximum atomic E-state index is 12.5. The summed E-state index contributed by atoms with van der Waals surface area (Å²) in [4.78, 5) is 27.2. The third-order valence-corrected chi connectivity index (χ3v) is 4.05. The zero-order chi connectivity index (χ0) is 16.2. The van der Waals surface area contributed by atoms with Gasteiger partial charge in [0.15, 0.2) is 6.61 Å². The van der Waals surface area contributed by atoms with Crippen molar-refractivity contribution >= 4 is 12.0 Å². The zero-order valence-corrected chi connectivity index (χ0v) is 12.4. The Bertz CT molecular complexity index is 407. The van der Waals surface area contributed by atoms with Crippen LogP contribution in [0, 0.1) is 0 Å². The summed E-state index contributed by atoms with van der Waals surface area (Å²) >= 11 is 0. The minimum absolute atomic E-state index is 0.164. The Morgan fingerprint density at radius 3 is 2.23 bits per heavy atom. The van der Waals surface area contributed by atoms with Crippen LogP contribution >= 0.6 is 0 Å². The molecule has 1 atom stereocenters.